The highest BCUT2D eigenvalue weighted by atomic mass is 32.1. The van der Waals surface area contributed by atoms with Crippen LogP contribution in [0.2, 0.25) is 0 Å². The van der Waals surface area contributed by atoms with E-state index < -0.39 is 0 Å². The van der Waals surface area contributed by atoms with Crippen molar-refractivity contribution in [3.8, 4) is 0 Å². The normalized spacial score (nSPS) is 15.8. The molecule has 6 heteroatoms. The zero-order valence-electron chi connectivity index (χ0n) is 14.6. The lowest BCUT2D eigenvalue weighted by atomic mass is 10.3. The van der Waals surface area contributed by atoms with Gasteiger partial charge in [0, 0.05) is 12.6 Å². The Morgan fingerprint density at radius 3 is 2.32 bits per heavy atom. The standard InChI is InChI=1S/C19H23N5S/c1-2-23-16-7-3-4-8-17(16)24(19(23)25)15-21-11-13-22(14-12-21)18-9-5-6-10-20-18/h3-10H,2,11-15H2,1H3/p+2. The van der Waals surface area contributed by atoms with Crippen LogP contribution in [0.15, 0.2) is 48.7 Å². The lowest BCUT2D eigenvalue weighted by Crippen LogP contribution is -3.14. The minimum atomic E-state index is 0.916. The number of para-hydroxylation sites is 2. The third-order valence-electron chi connectivity index (χ3n) is 5.13. The van der Waals surface area contributed by atoms with Crippen LogP contribution in [0.1, 0.15) is 6.92 Å². The molecule has 3 heterocycles. The predicted octanol–water partition coefficient (Wildman–Crippen LogP) is 1.37. The summed E-state index contributed by atoms with van der Waals surface area (Å²) in [6.45, 7) is 8.39. The lowest BCUT2D eigenvalue weighted by molar-refractivity contribution is -0.923. The number of nitrogens with zero attached hydrogens (tertiary/aromatic N) is 3. The molecule has 1 aliphatic heterocycles. The molecular weight excluding hydrogens is 330 g/mol. The molecule has 25 heavy (non-hydrogen) atoms. The number of aromatic nitrogens is 3. The molecular formula is C19H25N5S+2. The van der Waals surface area contributed by atoms with Gasteiger partial charge in [-0.15, -0.1) is 0 Å². The van der Waals surface area contributed by atoms with Gasteiger partial charge in [0.1, 0.15) is 26.2 Å². The number of quaternary nitrogens is 1. The summed E-state index contributed by atoms with van der Waals surface area (Å²) in [5, 5.41) is 0. The molecule has 0 spiro atoms. The van der Waals surface area contributed by atoms with E-state index in [0.29, 0.717) is 0 Å². The summed E-state index contributed by atoms with van der Waals surface area (Å²) in [4.78, 5) is 7.35. The lowest BCUT2D eigenvalue weighted by Gasteiger charge is -2.28. The number of H-pyrrole nitrogens is 1. The van der Waals surface area contributed by atoms with E-state index in [4.69, 9.17) is 12.2 Å². The summed E-state index contributed by atoms with van der Waals surface area (Å²) in [6.07, 6.45) is 1.99. The van der Waals surface area contributed by atoms with Crippen LogP contribution < -0.4 is 14.8 Å². The van der Waals surface area contributed by atoms with E-state index in [9.17, 15) is 0 Å². The van der Waals surface area contributed by atoms with Crippen LogP contribution in [0.3, 0.4) is 0 Å². The van der Waals surface area contributed by atoms with Gasteiger partial charge >= 0.3 is 0 Å². The van der Waals surface area contributed by atoms with Crippen LogP contribution in [-0.2, 0) is 13.2 Å². The predicted molar refractivity (Wildman–Crippen MR) is 102 cm³/mol. The maximum Gasteiger partial charge on any atom is 0.274 e. The summed E-state index contributed by atoms with van der Waals surface area (Å²) in [6, 6.07) is 14.8. The smallest absolute Gasteiger partial charge is 0.274 e. The van der Waals surface area contributed by atoms with Gasteiger partial charge in [-0.1, -0.05) is 18.2 Å². The Hall–Kier alpha value is -2.18. The molecule has 0 amide bonds. The van der Waals surface area contributed by atoms with E-state index in [1.807, 2.05) is 12.3 Å². The van der Waals surface area contributed by atoms with E-state index >= 15 is 0 Å². The SMILES string of the molecule is CCn1c(=S)n(C[NH+]2CCN(c3cccc[nH+]3)CC2)c2ccccc21. The molecule has 2 aromatic heterocycles. The Bertz CT molecular complexity index is 906. The summed E-state index contributed by atoms with van der Waals surface area (Å²) < 4.78 is 5.49. The largest absolute Gasteiger partial charge is 0.317 e. The molecule has 3 aromatic rings. The Labute approximate surface area is 153 Å². The molecule has 4 rings (SSSR count). The highest BCUT2D eigenvalue weighted by molar-refractivity contribution is 7.71. The monoisotopic (exact) mass is 355 g/mol. The second-order valence-corrected chi connectivity index (χ2v) is 6.95. The minimum Gasteiger partial charge on any atom is -0.317 e. The molecule has 2 N–H and O–H groups in total. The second-order valence-electron chi connectivity index (χ2n) is 6.59. The summed E-state index contributed by atoms with van der Waals surface area (Å²) in [7, 11) is 0. The molecule has 1 aliphatic rings. The van der Waals surface area contributed by atoms with Gasteiger partial charge in [-0.25, -0.2) is 4.98 Å². The number of piperazine rings is 1. The van der Waals surface area contributed by atoms with Crippen molar-refractivity contribution in [3.05, 3.63) is 53.4 Å². The van der Waals surface area contributed by atoms with Crippen molar-refractivity contribution >= 4 is 29.1 Å². The van der Waals surface area contributed by atoms with Crippen molar-refractivity contribution in [1.82, 2.24) is 9.13 Å². The number of hydrogen-bond acceptors (Lipinski definition) is 2. The number of rotatable bonds is 4. The van der Waals surface area contributed by atoms with Gasteiger partial charge in [-0.2, -0.15) is 0 Å². The van der Waals surface area contributed by atoms with E-state index in [0.717, 1.165) is 44.2 Å². The van der Waals surface area contributed by atoms with Gasteiger partial charge in [-0.3, -0.25) is 9.47 Å². The minimum absolute atomic E-state index is 0.916. The fourth-order valence-electron chi connectivity index (χ4n) is 3.76. The number of imidazole rings is 1. The zero-order valence-corrected chi connectivity index (χ0v) is 15.4. The van der Waals surface area contributed by atoms with Crippen LogP contribution in [0.5, 0.6) is 0 Å². The van der Waals surface area contributed by atoms with Gasteiger partial charge in [-0.05, 0) is 37.3 Å². The number of aromatic amines is 1. The Kier molecular flexibility index (Phi) is 4.55. The Morgan fingerprint density at radius 1 is 1.00 bits per heavy atom. The molecule has 0 bridgehead atoms. The second kappa shape index (κ2) is 6.98. The molecule has 0 unspecified atom stereocenters. The first kappa shape index (κ1) is 16.3. The van der Waals surface area contributed by atoms with Crippen LogP contribution in [0.4, 0.5) is 5.82 Å². The molecule has 5 nitrogen and oxygen atoms in total. The fourth-order valence-corrected chi connectivity index (χ4v) is 4.15. The van der Waals surface area contributed by atoms with Crippen LogP contribution in [0, 0.1) is 4.77 Å². The average molecular weight is 356 g/mol. The maximum atomic E-state index is 5.76. The van der Waals surface area contributed by atoms with Crippen LogP contribution in [0.25, 0.3) is 11.0 Å². The number of nitrogens with one attached hydrogen (secondary N) is 2. The fraction of sp³-hybridized carbons (Fsp3) is 0.368. The third-order valence-corrected chi connectivity index (χ3v) is 5.57. The molecule has 0 aliphatic carbocycles. The number of fused-ring (bicyclic) bond motifs is 1. The Morgan fingerprint density at radius 2 is 1.68 bits per heavy atom. The van der Waals surface area contributed by atoms with Crippen LogP contribution >= 0.6 is 12.2 Å². The first-order chi connectivity index (χ1) is 12.3. The molecule has 0 saturated carbocycles. The first-order valence-corrected chi connectivity index (χ1v) is 9.42. The number of anilines is 1. The Balaban J connectivity index is 1.52. The van der Waals surface area contributed by atoms with E-state index in [2.05, 4.69) is 62.3 Å². The molecule has 0 radical (unpaired) electrons. The van der Waals surface area contributed by atoms with Crippen LogP contribution in [-0.4, -0.2) is 35.3 Å². The number of benzene rings is 1. The zero-order chi connectivity index (χ0) is 17.2. The summed E-state index contributed by atoms with van der Waals surface area (Å²) >= 11 is 5.76. The average Bonchev–Trinajstić information content (AvgIpc) is 2.94. The highest BCUT2D eigenvalue weighted by Crippen LogP contribution is 2.17. The van der Waals surface area contributed by atoms with Crippen molar-refractivity contribution in [2.24, 2.45) is 0 Å². The topological polar surface area (TPSA) is 31.7 Å². The number of aryl methyl sites for hydroxylation is 1. The molecule has 1 aromatic carbocycles. The van der Waals surface area contributed by atoms with E-state index in [1.165, 1.54) is 16.9 Å². The van der Waals surface area contributed by atoms with Gasteiger partial charge in [0.25, 0.3) is 5.82 Å². The van der Waals surface area contributed by atoms with Crippen molar-refractivity contribution in [2.75, 3.05) is 31.1 Å². The molecule has 0 atom stereocenters. The van der Waals surface area contributed by atoms with Gasteiger partial charge in [0.15, 0.2) is 11.4 Å². The molecule has 1 saturated heterocycles. The summed E-state index contributed by atoms with van der Waals surface area (Å²) in [5.41, 5.74) is 2.49. The van der Waals surface area contributed by atoms with Crippen molar-refractivity contribution in [1.29, 1.82) is 0 Å². The number of pyridine rings is 1. The number of hydrogen-bond donors (Lipinski definition) is 1. The van der Waals surface area contributed by atoms with Gasteiger partial charge < -0.3 is 9.47 Å². The van der Waals surface area contributed by atoms with Gasteiger partial charge in [0.05, 0.1) is 17.2 Å². The highest BCUT2D eigenvalue weighted by Gasteiger charge is 2.26. The van der Waals surface area contributed by atoms with Crippen molar-refractivity contribution in [2.45, 2.75) is 20.1 Å². The maximum absolute atomic E-state index is 5.76. The van der Waals surface area contributed by atoms with Crippen molar-refractivity contribution in [3.63, 3.8) is 0 Å². The molecule has 130 valence electrons. The van der Waals surface area contributed by atoms with Gasteiger partial charge in [0.2, 0.25) is 0 Å². The quantitative estimate of drug-likeness (QED) is 0.717. The first-order valence-electron chi connectivity index (χ1n) is 9.01. The third kappa shape index (κ3) is 3.07. The molecule has 1 fully saturated rings. The van der Waals surface area contributed by atoms with E-state index in [1.54, 1.807) is 4.90 Å². The summed E-state index contributed by atoms with van der Waals surface area (Å²) in [5.74, 6) is 1.21. The van der Waals surface area contributed by atoms with E-state index in [-0.39, 0.29) is 0 Å². The van der Waals surface area contributed by atoms with Crippen molar-refractivity contribution < 1.29 is 9.88 Å².